The summed E-state index contributed by atoms with van der Waals surface area (Å²) < 4.78 is 17.8. The van der Waals surface area contributed by atoms with Gasteiger partial charge in [0.25, 0.3) is 0 Å². The molecule has 0 aromatic rings. The zero-order chi connectivity index (χ0) is 20.9. The van der Waals surface area contributed by atoms with Crippen LogP contribution in [0.1, 0.15) is 125 Å². The fourth-order valence-electron chi connectivity index (χ4n) is 3.84. The molecular formula is C24H52O3Si. The average Bonchev–Trinajstić information content (AvgIpc) is 2.65. The third-order valence-corrected chi connectivity index (χ3v) is 8.51. The molecule has 0 aromatic carbocycles. The Kier molecular flexibility index (Phi) is 20.4. The zero-order valence-electron chi connectivity index (χ0n) is 20.0. The first-order chi connectivity index (χ1) is 13.6. The molecule has 4 heteroatoms. The summed E-state index contributed by atoms with van der Waals surface area (Å²) in [5, 5.41) is 0. The van der Waals surface area contributed by atoms with Gasteiger partial charge < -0.3 is 13.3 Å². The van der Waals surface area contributed by atoms with Gasteiger partial charge in [-0.25, -0.2) is 0 Å². The maximum Gasteiger partial charge on any atom is 0.500 e. The van der Waals surface area contributed by atoms with Crippen LogP contribution in [0.3, 0.4) is 0 Å². The monoisotopic (exact) mass is 416 g/mol. The summed E-state index contributed by atoms with van der Waals surface area (Å²) in [5.74, 6) is 0.878. The van der Waals surface area contributed by atoms with Crippen molar-refractivity contribution in [1.82, 2.24) is 0 Å². The maximum atomic E-state index is 5.93. The Morgan fingerprint density at radius 1 is 0.500 bits per heavy atom. The van der Waals surface area contributed by atoms with Gasteiger partial charge in [-0.1, -0.05) is 97.3 Å². The van der Waals surface area contributed by atoms with Gasteiger partial charge in [0.05, 0.1) is 0 Å². The molecule has 0 rings (SSSR count). The molecule has 0 saturated carbocycles. The molecule has 3 nitrogen and oxygen atoms in total. The van der Waals surface area contributed by atoms with Crippen molar-refractivity contribution >= 4 is 8.80 Å². The highest BCUT2D eigenvalue weighted by Gasteiger charge is 2.39. The van der Waals surface area contributed by atoms with E-state index in [1.54, 1.807) is 0 Å². The molecule has 0 aliphatic rings. The predicted molar refractivity (Wildman–Crippen MR) is 125 cm³/mol. The van der Waals surface area contributed by atoms with Gasteiger partial charge in [-0.3, -0.25) is 0 Å². The topological polar surface area (TPSA) is 27.7 Å². The van der Waals surface area contributed by atoms with E-state index >= 15 is 0 Å². The normalized spacial score (nSPS) is 12.2. The Balaban J connectivity index is 3.48. The third kappa shape index (κ3) is 17.0. The average molecular weight is 417 g/mol. The third-order valence-electron chi connectivity index (χ3n) is 5.36. The van der Waals surface area contributed by atoms with Crippen LogP contribution in [0, 0.1) is 5.92 Å². The zero-order valence-corrected chi connectivity index (χ0v) is 21.0. The quantitative estimate of drug-likeness (QED) is 0.132. The van der Waals surface area contributed by atoms with Crippen molar-refractivity contribution in [2.45, 2.75) is 131 Å². The lowest BCUT2D eigenvalue weighted by molar-refractivity contribution is 0.0706. The lowest BCUT2D eigenvalue weighted by Crippen LogP contribution is -2.45. The van der Waals surface area contributed by atoms with Gasteiger partial charge in [0.15, 0.2) is 0 Å². The molecule has 0 amide bonds. The van der Waals surface area contributed by atoms with Crippen molar-refractivity contribution in [2.75, 3.05) is 19.8 Å². The molecule has 0 N–H and O–H groups in total. The van der Waals surface area contributed by atoms with Crippen LogP contribution in [0.2, 0.25) is 6.04 Å². The van der Waals surface area contributed by atoms with Gasteiger partial charge >= 0.3 is 8.80 Å². The van der Waals surface area contributed by atoms with Gasteiger partial charge in [0.1, 0.15) is 0 Å². The molecule has 0 atom stereocenters. The summed E-state index contributed by atoms with van der Waals surface area (Å²) in [5.41, 5.74) is 0. The number of hydrogen-bond acceptors (Lipinski definition) is 3. The van der Waals surface area contributed by atoms with E-state index in [-0.39, 0.29) is 0 Å². The Hall–Kier alpha value is 0.0969. The van der Waals surface area contributed by atoms with Crippen molar-refractivity contribution in [1.29, 1.82) is 0 Å². The Labute approximate surface area is 178 Å². The second kappa shape index (κ2) is 20.4. The van der Waals surface area contributed by atoms with E-state index in [0.29, 0.717) is 19.8 Å². The predicted octanol–water partition coefficient (Wildman–Crippen LogP) is 8.15. The van der Waals surface area contributed by atoms with E-state index in [0.717, 1.165) is 12.0 Å². The van der Waals surface area contributed by atoms with Crippen LogP contribution in [-0.4, -0.2) is 28.6 Å². The molecule has 0 bridgehead atoms. The molecule has 0 aliphatic carbocycles. The molecule has 0 spiro atoms. The lowest BCUT2D eigenvalue weighted by Gasteiger charge is -2.28. The molecule has 0 radical (unpaired) electrons. The minimum atomic E-state index is -2.40. The van der Waals surface area contributed by atoms with E-state index in [9.17, 15) is 0 Å². The van der Waals surface area contributed by atoms with Crippen LogP contribution in [0.4, 0.5) is 0 Å². The first-order valence-corrected chi connectivity index (χ1v) is 14.4. The van der Waals surface area contributed by atoms with Gasteiger partial charge in [-0.05, 0) is 33.1 Å². The van der Waals surface area contributed by atoms with Gasteiger partial charge in [-0.15, -0.1) is 0 Å². The second-order valence-electron chi connectivity index (χ2n) is 8.51. The fraction of sp³-hybridized carbons (Fsp3) is 1.00. The summed E-state index contributed by atoms with van der Waals surface area (Å²) in [6, 6.07) is 0.972. The van der Waals surface area contributed by atoms with Gasteiger partial charge in [-0.2, -0.15) is 0 Å². The summed E-state index contributed by atoms with van der Waals surface area (Å²) in [6.07, 6.45) is 19.5. The number of hydrogen-bond donors (Lipinski definition) is 0. The van der Waals surface area contributed by atoms with Crippen molar-refractivity contribution < 1.29 is 13.3 Å². The molecule has 0 aliphatic heterocycles. The van der Waals surface area contributed by atoms with Crippen LogP contribution in [0.25, 0.3) is 0 Å². The largest absolute Gasteiger partial charge is 0.500 e. The van der Waals surface area contributed by atoms with Crippen LogP contribution >= 0.6 is 0 Å². The Bertz CT molecular complexity index is 293. The van der Waals surface area contributed by atoms with Crippen LogP contribution < -0.4 is 0 Å². The summed E-state index contributed by atoms with van der Waals surface area (Å²) in [6.45, 7) is 12.8. The molecule has 0 heterocycles. The number of rotatable bonds is 22. The molecule has 0 fully saturated rings. The van der Waals surface area contributed by atoms with Crippen LogP contribution in [0.5, 0.6) is 0 Å². The number of unbranched alkanes of at least 4 members (excludes halogenated alkanes) is 12. The van der Waals surface area contributed by atoms with E-state index in [2.05, 4.69) is 13.8 Å². The van der Waals surface area contributed by atoms with E-state index in [4.69, 9.17) is 13.3 Å². The van der Waals surface area contributed by atoms with E-state index < -0.39 is 8.80 Å². The molecule has 0 saturated heterocycles. The second-order valence-corrected chi connectivity index (χ2v) is 11.2. The van der Waals surface area contributed by atoms with Crippen molar-refractivity contribution in [3.8, 4) is 0 Å². The molecule has 0 unspecified atom stereocenters. The molecule has 170 valence electrons. The molecule has 0 aromatic heterocycles. The summed E-state index contributed by atoms with van der Waals surface area (Å²) >= 11 is 0. The van der Waals surface area contributed by atoms with Crippen molar-refractivity contribution in [2.24, 2.45) is 5.92 Å². The van der Waals surface area contributed by atoms with Gasteiger partial charge in [0.2, 0.25) is 0 Å². The van der Waals surface area contributed by atoms with Crippen LogP contribution in [0.15, 0.2) is 0 Å². The maximum absolute atomic E-state index is 5.93. The highest BCUT2D eigenvalue weighted by Crippen LogP contribution is 2.21. The first kappa shape index (κ1) is 28.1. The lowest BCUT2D eigenvalue weighted by atomic mass is 10.0. The molecule has 28 heavy (non-hydrogen) atoms. The Morgan fingerprint density at radius 3 is 1.14 bits per heavy atom. The van der Waals surface area contributed by atoms with Crippen molar-refractivity contribution in [3.63, 3.8) is 0 Å². The van der Waals surface area contributed by atoms with Crippen LogP contribution in [-0.2, 0) is 13.3 Å². The minimum absolute atomic E-state index is 0.685. The van der Waals surface area contributed by atoms with Crippen molar-refractivity contribution in [3.05, 3.63) is 0 Å². The highest BCUT2D eigenvalue weighted by atomic mass is 28.4. The first-order valence-electron chi connectivity index (χ1n) is 12.5. The molecular weight excluding hydrogens is 364 g/mol. The highest BCUT2D eigenvalue weighted by molar-refractivity contribution is 6.60. The standard InChI is InChI=1S/C24H52O3Si/c1-6-25-28(26-7-2,27-8-3)23-21-19-17-15-13-11-9-10-12-14-16-18-20-22-24(4)5/h24H,6-23H2,1-5H3. The van der Waals surface area contributed by atoms with E-state index in [1.807, 2.05) is 20.8 Å². The van der Waals surface area contributed by atoms with Gasteiger partial charge in [0, 0.05) is 25.9 Å². The summed E-state index contributed by atoms with van der Waals surface area (Å²) in [4.78, 5) is 0. The fourth-order valence-corrected chi connectivity index (χ4v) is 6.53. The Morgan fingerprint density at radius 2 is 0.821 bits per heavy atom. The SMILES string of the molecule is CCO[Si](CCCCCCCCCCCCCCCC(C)C)(OCC)OCC. The summed E-state index contributed by atoms with van der Waals surface area (Å²) in [7, 11) is -2.40. The minimum Gasteiger partial charge on any atom is -0.374 e. The smallest absolute Gasteiger partial charge is 0.374 e. The van der Waals surface area contributed by atoms with E-state index in [1.165, 1.54) is 89.9 Å².